The molecule has 0 heterocycles. The van der Waals surface area contributed by atoms with Crippen molar-refractivity contribution in [1.82, 2.24) is 0 Å². The molecule has 8 heteroatoms. The van der Waals surface area contributed by atoms with Gasteiger partial charge in [0, 0.05) is 22.7 Å². The molecular weight excluding hydrogens is 356 g/mol. The number of amides is 1. The van der Waals surface area contributed by atoms with E-state index >= 15 is 0 Å². The first kappa shape index (κ1) is 19.5. The Morgan fingerprint density at radius 3 is 2.46 bits per heavy atom. The molecule has 2 aromatic rings. The molecule has 136 valence electrons. The monoisotopic (exact) mass is 374 g/mol. The minimum absolute atomic E-state index is 0.0162. The molecule has 0 spiro atoms. The minimum Gasteiger partial charge on any atom is -0.455 e. The van der Waals surface area contributed by atoms with Crippen LogP contribution in [0.2, 0.25) is 0 Å². The van der Waals surface area contributed by atoms with Gasteiger partial charge in [-0.3, -0.25) is 19.7 Å². The number of nitrogens with one attached hydrogen (secondary N) is 1. The average molecular weight is 374 g/mol. The third-order valence-corrected chi connectivity index (χ3v) is 4.55. The van der Waals surface area contributed by atoms with Gasteiger partial charge in [0.2, 0.25) is 0 Å². The molecule has 2 rings (SSSR count). The Hall–Kier alpha value is -2.87. The zero-order valence-corrected chi connectivity index (χ0v) is 15.1. The maximum atomic E-state index is 12.0. The van der Waals surface area contributed by atoms with E-state index in [4.69, 9.17) is 4.74 Å². The number of non-ortho nitro benzene ring substituents is 1. The van der Waals surface area contributed by atoms with Crippen molar-refractivity contribution < 1.29 is 19.2 Å². The Morgan fingerprint density at radius 2 is 1.85 bits per heavy atom. The number of hydrogen-bond acceptors (Lipinski definition) is 6. The molecular formula is C18H18N2O5S. The molecule has 1 amide bonds. The van der Waals surface area contributed by atoms with Crippen LogP contribution in [0.4, 0.5) is 11.4 Å². The summed E-state index contributed by atoms with van der Waals surface area (Å²) in [6.07, 6.45) is 0. The number of rotatable bonds is 7. The van der Waals surface area contributed by atoms with Crippen LogP contribution in [0.15, 0.2) is 53.4 Å². The number of para-hydroxylation sites is 1. The minimum atomic E-state index is -0.553. The van der Waals surface area contributed by atoms with Gasteiger partial charge in [0.1, 0.15) is 5.25 Å². The number of carbonyl (C=O) groups excluding carboxylic acids is 2. The molecule has 0 aromatic heterocycles. The molecule has 0 unspecified atom stereocenters. The predicted octanol–water partition coefficient (Wildman–Crippen LogP) is 3.57. The van der Waals surface area contributed by atoms with Crippen LogP contribution < -0.4 is 5.32 Å². The van der Waals surface area contributed by atoms with Gasteiger partial charge >= 0.3 is 5.97 Å². The topological polar surface area (TPSA) is 98.5 Å². The van der Waals surface area contributed by atoms with Gasteiger partial charge in [0.15, 0.2) is 6.61 Å². The predicted molar refractivity (Wildman–Crippen MR) is 99.2 cm³/mol. The normalized spacial score (nSPS) is 11.5. The van der Waals surface area contributed by atoms with Crippen molar-refractivity contribution >= 4 is 35.0 Å². The quantitative estimate of drug-likeness (QED) is 0.344. The number of esters is 1. The Morgan fingerprint density at radius 1 is 1.19 bits per heavy atom. The van der Waals surface area contributed by atoms with Crippen molar-refractivity contribution in [3.05, 3.63) is 64.2 Å². The second-order valence-corrected chi connectivity index (χ2v) is 6.90. The molecule has 1 atom stereocenters. The zero-order chi connectivity index (χ0) is 19.1. The Balaban J connectivity index is 1.82. The Bertz CT molecular complexity index is 807. The van der Waals surface area contributed by atoms with Crippen molar-refractivity contribution in [2.24, 2.45) is 0 Å². The number of thioether (sulfide) groups is 1. The van der Waals surface area contributed by atoms with E-state index in [9.17, 15) is 19.7 Å². The molecule has 0 saturated carbocycles. The number of aryl methyl sites for hydroxylation is 1. The van der Waals surface area contributed by atoms with Crippen LogP contribution in [-0.2, 0) is 14.3 Å². The summed E-state index contributed by atoms with van der Waals surface area (Å²) in [6.45, 7) is 3.14. The van der Waals surface area contributed by atoms with Crippen molar-refractivity contribution in [3.8, 4) is 0 Å². The number of nitro groups is 1. The number of carbonyl (C=O) groups is 2. The Kier molecular flexibility index (Phi) is 6.74. The highest BCUT2D eigenvalue weighted by Crippen LogP contribution is 2.26. The lowest BCUT2D eigenvalue weighted by Gasteiger charge is -2.12. The van der Waals surface area contributed by atoms with E-state index in [2.05, 4.69) is 5.32 Å². The van der Waals surface area contributed by atoms with Gasteiger partial charge in [-0.05, 0) is 37.6 Å². The number of nitro benzene ring substituents is 1. The molecule has 0 aliphatic carbocycles. The standard InChI is InChI=1S/C18H18N2O5S/c1-12-5-3-4-6-16(12)19-17(21)11-25-18(22)13(2)26-15-9-7-14(8-10-15)20(23)24/h3-10,13H,11H2,1-2H3,(H,19,21)/t13-/m1/s1. The van der Waals surface area contributed by atoms with Crippen LogP contribution in [0.1, 0.15) is 12.5 Å². The van der Waals surface area contributed by atoms with Gasteiger partial charge in [-0.2, -0.15) is 0 Å². The van der Waals surface area contributed by atoms with E-state index in [1.54, 1.807) is 31.2 Å². The first-order chi connectivity index (χ1) is 12.4. The molecule has 26 heavy (non-hydrogen) atoms. The van der Waals surface area contributed by atoms with E-state index in [-0.39, 0.29) is 12.3 Å². The van der Waals surface area contributed by atoms with Crippen LogP contribution >= 0.6 is 11.8 Å². The number of benzene rings is 2. The van der Waals surface area contributed by atoms with Crippen molar-refractivity contribution in [2.45, 2.75) is 24.0 Å². The summed E-state index contributed by atoms with van der Waals surface area (Å²) in [5, 5.41) is 12.8. The fourth-order valence-corrected chi connectivity index (χ4v) is 2.92. The van der Waals surface area contributed by atoms with Crippen LogP contribution in [0.25, 0.3) is 0 Å². The van der Waals surface area contributed by atoms with Crippen molar-refractivity contribution in [1.29, 1.82) is 0 Å². The fourth-order valence-electron chi connectivity index (χ4n) is 2.05. The van der Waals surface area contributed by atoms with Gasteiger partial charge in [0.05, 0.1) is 4.92 Å². The van der Waals surface area contributed by atoms with Gasteiger partial charge in [0.25, 0.3) is 11.6 Å². The third kappa shape index (κ3) is 5.59. The molecule has 0 bridgehead atoms. The van der Waals surface area contributed by atoms with Crippen molar-refractivity contribution in [2.75, 3.05) is 11.9 Å². The second-order valence-electron chi connectivity index (χ2n) is 5.48. The van der Waals surface area contributed by atoms with Crippen molar-refractivity contribution in [3.63, 3.8) is 0 Å². The van der Waals surface area contributed by atoms with E-state index in [0.717, 1.165) is 5.56 Å². The first-order valence-electron chi connectivity index (χ1n) is 7.80. The molecule has 1 N–H and O–H groups in total. The highest BCUT2D eigenvalue weighted by atomic mass is 32.2. The largest absolute Gasteiger partial charge is 0.455 e. The number of nitrogens with zero attached hydrogens (tertiary/aromatic N) is 1. The zero-order valence-electron chi connectivity index (χ0n) is 14.3. The number of hydrogen-bond donors (Lipinski definition) is 1. The smallest absolute Gasteiger partial charge is 0.319 e. The van der Waals surface area contributed by atoms with Crippen LogP contribution in [-0.4, -0.2) is 28.7 Å². The lowest BCUT2D eigenvalue weighted by molar-refractivity contribution is -0.384. The second kappa shape index (κ2) is 9.00. The highest BCUT2D eigenvalue weighted by molar-refractivity contribution is 8.00. The SMILES string of the molecule is Cc1ccccc1NC(=O)COC(=O)[C@@H](C)Sc1ccc([N+](=O)[O-])cc1. The highest BCUT2D eigenvalue weighted by Gasteiger charge is 2.18. The van der Waals surface area contributed by atoms with Crippen LogP contribution in [0.5, 0.6) is 0 Å². The molecule has 0 aliphatic heterocycles. The lowest BCUT2D eigenvalue weighted by atomic mass is 10.2. The fraction of sp³-hybridized carbons (Fsp3) is 0.222. The maximum absolute atomic E-state index is 12.0. The van der Waals surface area contributed by atoms with E-state index in [1.165, 1.54) is 23.9 Å². The summed E-state index contributed by atoms with van der Waals surface area (Å²) in [7, 11) is 0. The molecule has 7 nitrogen and oxygen atoms in total. The first-order valence-corrected chi connectivity index (χ1v) is 8.68. The molecule has 0 fully saturated rings. The summed E-state index contributed by atoms with van der Waals surface area (Å²) >= 11 is 1.20. The van der Waals surface area contributed by atoms with Gasteiger partial charge in [-0.25, -0.2) is 0 Å². The molecule has 2 aromatic carbocycles. The third-order valence-electron chi connectivity index (χ3n) is 3.46. The van der Waals surface area contributed by atoms with Crippen LogP contribution in [0.3, 0.4) is 0 Å². The van der Waals surface area contributed by atoms with Gasteiger partial charge < -0.3 is 10.1 Å². The van der Waals surface area contributed by atoms with Gasteiger partial charge in [-0.15, -0.1) is 11.8 Å². The summed E-state index contributed by atoms with van der Waals surface area (Å²) in [5.41, 5.74) is 1.56. The summed E-state index contributed by atoms with van der Waals surface area (Å²) in [6, 6.07) is 13.2. The maximum Gasteiger partial charge on any atom is 0.319 e. The van der Waals surface area contributed by atoms with E-state index in [0.29, 0.717) is 10.6 Å². The Labute approximate surface area is 154 Å². The summed E-state index contributed by atoms with van der Waals surface area (Å²) in [4.78, 5) is 34.7. The average Bonchev–Trinajstić information content (AvgIpc) is 2.62. The van der Waals surface area contributed by atoms with E-state index < -0.39 is 22.0 Å². The van der Waals surface area contributed by atoms with Gasteiger partial charge in [-0.1, -0.05) is 18.2 Å². The van der Waals surface area contributed by atoms with E-state index in [1.807, 2.05) is 19.1 Å². The lowest BCUT2D eigenvalue weighted by Crippen LogP contribution is -2.25. The molecule has 0 radical (unpaired) electrons. The summed E-state index contributed by atoms with van der Waals surface area (Å²) in [5.74, 6) is -0.950. The summed E-state index contributed by atoms with van der Waals surface area (Å²) < 4.78 is 5.03. The molecule has 0 aliphatic rings. The number of anilines is 1. The van der Waals surface area contributed by atoms with Crippen LogP contribution in [0, 0.1) is 17.0 Å². The molecule has 0 saturated heterocycles. The number of ether oxygens (including phenoxy) is 1.